The first-order valence-electron chi connectivity index (χ1n) is 8.95. The zero-order valence-corrected chi connectivity index (χ0v) is 18.0. The number of nitrogens with two attached hydrogens (primary N) is 1. The molecule has 0 aliphatic carbocycles. The van der Waals surface area contributed by atoms with Crippen molar-refractivity contribution in [2.75, 3.05) is 0 Å². The summed E-state index contributed by atoms with van der Waals surface area (Å²) in [7, 11) is 0. The number of carbonyl (C=O) groups excluding carboxylic acids is 2. The summed E-state index contributed by atoms with van der Waals surface area (Å²) < 4.78 is 15.8. The number of benzene rings is 1. The van der Waals surface area contributed by atoms with E-state index in [9.17, 15) is 9.59 Å². The van der Waals surface area contributed by atoms with Crippen molar-refractivity contribution in [3.05, 3.63) is 29.3 Å². The average Bonchev–Trinajstić information content (AvgIpc) is 2.50. The molecule has 1 rings (SSSR count). The van der Waals surface area contributed by atoms with Gasteiger partial charge in [-0.15, -0.1) is 0 Å². The summed E-state index contributed by atoms with van der Waals surface area (Å²) in [5, 5.41) is 0.623. The molecule has 2 atom stereocenters. The number of ether oxygens (including phenoxy) is 3. The molecular formula is C20H32ClNO5. The summed E-state index contributed by atoms with van der Waals surface area (Å²) in [6, 6.07) is 7.22. The van der Waals surface area contributed by atoms with Gasteiger partial charge in [0, 0.05) is 11.4 Å². The van der Waals surface area contributed by atoms with Crippen LogP contribution >= 0.6 is 11.6 Å². The summed E-state index contributed by atoms with van der Waals surface area (Å²) in [6.07, 6.45) is -0.857. The standard InChI is InChI=1S/C15H21ClO3.C5H11NO2/c1-5-14(17)18-11(4)15(10(2)3)19-13-8-6-7-12(16)9-13;1-5(2,3)8-4(6)7/h6-11,15H,5H2,1-4H3;1-3H3,(H2,6,7). The van der Waals surface area contributed by atoms with Crippen molar-refractivity contribution in [3.8, 4) is 5.75 Å². The van der Waals surface area contributed by atoms with Crippen LogP contribution in [0.25, 0.3) is 0 Å². The predicted molar refractivity (Wildman–Crippen MR) is 107 cm³/mol. The molecule has 0 fully saturated rings. The van der Waals surface area contributed by atoms with Crippen LogP contribution in [-0.4, -0.2) is 29.9 Å². The molecule has 7 heteroatoms. The van der Waals surface area contributed by atoms with Gasteiger partial charge in [-0.1, -0.05) is 38.4 Å². The SMILES string of the molecule is CC(C)(C)OC(N)=O.CCC(=O)OC(C)C(Oc1cccc(Cl)c1)C(C)C. The van der Waals surface area contributed by atoms with E-state index in [4.69, 9.17) is 26.8 Å². The van der Waals surface area contributed by atoms with Crippen molar-refractivity contribution in [1.82, 2.24) is 0 Å². The maximum absolute atomic E-state index is 11.4. The number of amides is 1. The summed E-state index contributed by atoms with van der Waals surface area (Å²) >= 11 is 5.93. The quantitative estimate of drug-likeness (QED) is 0.680. The highest BCUT2D eigenvalue weighted by Crippen LogP contribution is 2.23. The Balaban J connectivity index is 0.000000713. The molecule has 6 nitrogen and oxygen atoms in total. The maximum Gasteiger partial charge on any atom is 0.405 e. The zero-order valence-electron chi connectivity index (χ0n) is 17.2. The van der Waals surface area contributed by atoms with Crippen molar-refractivity contribution < 1.29 is 23.8 Å². The molecule has 0 aliphatic rings. The molecule has 0 aromatic heterocycles. The van der Waals surface area contributed by atoms with Gasteiger partial charge in [-0.25, -0.2) is 4.79 Å². The van der Waals surface area contributed by atoms with Gasteiger partial charge in [-0.3, -0.25) is 4.79 Å². The van der Waals surface area contributed by atoms with E-state index in [0.717, 1.165) is 0 Å². The smallest absolute Gasteiger partial charge is 0.405 e. The van der Waals surface area contributed by atoms with Crippen LogP contribution in [0.15, 0.2) is 24.3 Å². The van der Waals surface area contributed by atoms with Crippen molar-refractivity contribution in [1.29, 1.82) is 0 Å². The highest BCUT2D eigenvalue weighted by Gasteiger charge is 2.25. The third-order valence-corrected chi connectivity index (χ3v) is 3.44. The van der Waals surface area contributed by atoms with Crippen LogP contribution in [0.1, 0.15) is 54.9 Å². The van der Waals surface area contributed by atoms with Crippen molar-refractivity contribution in [3.63, 3.8) is 0 Å². The molecule has 0 heterocycles. The van der Waals surface area contributed by atoms with Crippen LogP contribution < -0.4 is 10.5 Å². The fourth-order valence-corrected chi connectivity index (χ4v) is 2.31. The molecule has 1 aromatic rings. The third-order valence-electron chi connectivity index (χ3n) is 3.20. The Morgan fingerprint density at radius 1 is 1.19 bits per heavy atom. The maximum atomic E-state index is 11.4. The summed E-state index contributed by atoms with van der Waals surface area (Å²) in [4.78, 5) is 21.4. The second-order valence-corrected chi connectivity index (χ2v) is 7.80. The van der Waals surface area contributed by atoms with Gasteiger partial charge in [-0.05, 0) is 51.8 Å². The predicted octanol–water partition coefficient (Wildman–Crippen LogP) is 4.97. The van der Waals surface area contributed by atoms with Crippen LogP contribution in [-0.2, 0) is 14.3 Å². The molecule has 0 aliphatic heterocycles. The van der Waals surface area contributed by atoms with E-state index in [-0.39, 0.29) is 24.1 Å². The molecule has 0 radical (unpaired) electrons. The molecule has 27 heavy (non-hydrogen) atoms. The van der Waals surface area contributed by atoms with Gasteiger partial charge >= 0.3 is 12.1 Å². The van der Waals surface area contributed by atoms with E-state index in [1.54, 1.807) is 39.8 Å². The van der Waals surface area contributed by atoms with Crippen LogP contribution in [0.4, 0.5) is 4.79 Å². The molecule has 2 unspecified atom stereocenters. The first kappa shape index (κ1) is 25.1. The Kier molecular flexibility index (Phi) is 10.9. The summed E-state index contributed by atoms with van der Waals surface area (Å²) in [5.41, 5.74) is 4.26. The normalized spacial score (nSPS) is 13.1. The van der Waals surface area contributed by atoms with Gasteiger partial charge in [0.2, 0.25) is 0 Å². The number of primary amides is 1. The minimum absolute atomic E-state index is 0.200. The Labute approximate surface area is 167 Å². The molecule has 0 spiro atoms. The van der Waals surface area contributed by atoms with Crippen LogP contribution in [0.2, 0.25) is 5.02 Å². The number of hydrogen-bond acceptors (Lipinski definition) is 5. The number of halogens is 1. The van der Waals surface area contributed by atoms with Crippen LogP contribution in [0, 0.1) is 5.92 Å². The molecule has 2 N–H and O–H groups in total. The minimum Gasteiger partial charge on any atom is -0.486 e. The molecular weight excluding hydrogens is 370 g/mol. The largest absolute Gasteiger partial charge is 0.486 e. The highest BCUT2D eigenvalue weighted by atomic mass is 35.5. The van der Waals surface area contributed by atoms with Gasteiger partial charge < -0.3 is 19.9 Å². The lowest BCUT2D eigenvalue weighted by Crippen LogP contribution is -2.37. The second-order valence-electron chi connectivity index (χ2n) is 7.37. The summed E-state index contributed by atoms with van der Waals surface area (Å²) in [6.45, 7) is 13.0. The second kappa shape index (κ2) is 11.7. The fourth-order valence-electron chi connectivity index (χ4n) is 2.13. The van der Waals surface area contributed by atoms with E-state index >= 15 is 0 Å². The third kappa shape index (κ3) is 12.1. The van der Waals surface area contributed by atoms with E-state index in [0.29, 0.717) is 17.2 Å². The van der Waals surface area contributed by atoms with Gasteiger partial charge in [0.25, 0.3) is 0 Å². The van der Waals surface area contributed by atoms with E-state index in [1.165, 1.54) is 0 Å². The van der Waals surface area contributed by atoms with Crippen LogP contribution in [0.3, 0.4) is 0 Å². The zero-order chi connectivity index (χ0) is 21.2. The van der Waals surface area contributed by atoms with Crippen molar-refractivity contribution in [2.45, 2.75) is 72.7 Å². The first-order valence-corrected chi connectivity index (χ1v) is 9.33. The lowest BCUT2D eigenvalue weighted by Gasteiger charge is -2.28. The average molecular weight is 402 g/mol. The Hall–Kier alpha value is -1.95. The van der Waals surface area contributed by atoms with E-state index in [2.05, 4.69) is 4.74 Å². The highest BCUT2D eigenvalue weighted by molar-refractivity contribution is 6.30. The van der Waals surface area contributed by atoms with Gasteiger partial charge in [0.15, 0.2) is 0 Å². The van der Waals surface area contributed by atoms with E-state index < -0.39 is 11.7 Å². The number of esters is 1. The molecule has 1 aromatic carbocycles. The Bertz CT molecular complexity index is 598. The Morgan fingerprint density at radius 2 is 1.78 bits per heavy atom. The summed E-state index contributed by atoms with van der Waals surface area (Å²) in [5.74, 6) is 0.692. The van der Waals surface area contributed by atoms with Gasteiger partial charge in [0.05, 0.1) is 0 Å². The number of hydrogen-bond donors (Lipinski definition) is 1. The molecule has 154 valence electrons. The fraction of sp³-hybridized carbons (Fsp3) is 0.600. The van der Waals surface area contributed by atoms with Crippen LogP contribution in [0.5, 0.6) is 5.75 Å². The van der Waals surface area contributed by atoms with Gasteiger partial charge in [0.1, 0.15) is 23.6 Å². The lowest BCUT2D eigenvalue weighted by atomic mass is 10.0. The first-order chi connectivity index (χ1) is 12.4. The minimum atomic E-state index is -0.725. The van der Waals surface area contributed by atoms with Crippen molar-refractivity contribution in [2.24, 2.45) is 11.7 Å². The molecule has 0 saturated carbocycles. The lowest BCUT2D eigenvalue weighted by molar-refractivity contribution is -0.153. The topological polar surface area (TPSA) is 87.9 Å². The van der Waals surface area contributed by atoms with Crippen molar-refractivity contribution >= 4 is 23.7 Å². The number of carbonyl (C=O) groups is 2. The molecule has 1 amide bonds. The molecule has 0 saturated heterocycles. The number of rotatable bonds is 6. The Morgan fingerprint density at radius 3 is 2.15 bits per heavy atom. The molecule has 0 bridgehead atoms. The monoisotopic (exact) mass is 401 g/mol. The van der Waals surface area contributed by atoms with E-state index in [1.807, 2.05) is 32.9 Å². The van der Waals surface area contributed by atoms with Gasteiger partial charge in [-0.2, -0.15) is 0 Å².